The molecule has 0 aliphatic rings. The summed E-state index contributed by atoms with van der Waals surface area (Å²) in [6.45, 7) is 7.06. The number of aliphatic hydroxyl groups excluding tert-OH is 1. The lowest BCUT2D eigenvalue weighted by molar-refractivity contribution is 0.0636. The topological polar surface area (TPSA) is 71.5 Å². The van der Waals surface area contributed by atoms with E-state index in [1.54, 1.807) is 39.8 Å². The van der Waals surface area contributed by atoms with Gasteiger partial charge in [-0.1, -0.05) is 0 Å². The first-order valence-corrected chi connectivity index (χ1v) is 6.89. The number of nitrogens with zero attached hydrogens (tertiary/aromatic N) is 1. The van der Waals surface area contributed by atoms with Crippen LogP contribution in [-0.2, 0) is 4.74 Å². The number of rotatable bonds is 4. The number of alkyl halides is 1. The minimum atomic E-state index is -0.546. The predicted octanol–water partition coefficient (Wildman–Crippen LogP) is 3.48. The maximum Gasteiger partial charge on any atom is 0.412 e. The minimum Gasteiger partial charge on any atom is -0.444 e. The molecule has 1 heterocycles. The lowest BCUT2D eigenvalue weighted by Gasteiger charge is -2.19. The Morgan fingerprint density at radius 1 is 1.50 bits per heavy atom. The molecule has 6 heteroatoms. The fourth-order valence-electron chi connectivity index (χ4n) is 1.51. The first kappa shape index (κ1) is 16.7. The summed E-state index contributed by atoms with van der Waals surface area (Å²) in [6, 6.07) is 3.41. The number of hydrogen-bond acceptors (Lipinski definition) is 4. The standard InChI is InChI=1S/C14H21ClN2O3/c1-9(18)7-11(15)12-6-5-10(8-16-12)17-13(19)20-14(2,3)4/h5-6,8-9,11,18H,7H2,1-4H3,(H,17,19)/t9-,11-/m1/s1. The molecule has 1 amide bonds. The first-order chi connectivity index (χ1) is 9.17. The van der Waals surface area contributed by atoms with Crippen LogP contribution in [-0.4, -0.2) is 27.9 Å². The van der Waals surface area contributed by atoms with Gasteiger partial charge in [-0.2, -0.15) is 0 Å². The van der Waals surface area contributed by atoms with Gasteiger partial charge in [-0.05, 0) is 46.2 Å². The van der Waals surface area contributed by atoms with E-state index in [0.29, 0.717) is 17.8 Å². The molecular weight excluding hydrogens is 280 g/mol. The molecule has 0 fully saturated rings. The molecular formula is C14H21ClN2O3. The number of aliphatic hydroxyl groups is 1. The molecule has 1 aromatic rings. The van der Waals surface area contributed by atoms with E-state index in [4.69, 9.17) is 16.3 Å². The lowest BCUT2D eigenvalue weighted by atomic mass is 10.1. The normalized spacial score (nSPS) is 14.5. The Hall–Kier alpha value is -1.33. The third-order valence-corrected chi connectivity index (χ3v) is 2.70. The molecule has 0 saturated carbocycles. The van der Waals surface area contributed by atoms with Crippen molar-refractivity contribution in [1.29, 1.82) is 0 Å². The first-order valence-electron chi connectivity index (χ1n) is 6.45. The Kier molecular flexibility index (Phi) is 5.77. The van der Waals surface area contributed by atoms with Crippen molar-refractivity contribution in [3.8, 4) is 0 Å². The van der Waals surface area contributed by atoms with Crippen molar-refractivity contribution < 1.29 is 14.6 Å². The van der Waals surface area contributed by atoms with Crippen molar-refractivity contribution in [1.82, 2.24) is 4.98 Å². The van der Waals surface area contributed by atoms with E-state index in [1.807, 2.05) is 0 Å². The van der Waals surface area contributed by atoms with Crippen molar-refractivity contribution in [3.05, 3.63) is 24.0 Å². The van der Waals surface area contributed by atoms with Gasteiger partial charge in [0.05, 0.1) is 29.1 Å². The van der Waals surface area contributed by atoms with Crippen LogP contribution in [0, 0.1) is 0 Å². The van der Waals surface area contributed by atoms with E-state index < -0.39 is 17.8 Å². The number of halogens is 1. The Balaban J connectivity index is 2.61. The summed E-state index contributed by atoms with van der Waals surface area (Å²) in [4.78, 5) is 15.7. The van der Waals surface area contributed by atoms with Gasteiger partial charge in [0.1, 0.15) is 5.60 Å². The highest BCUT2D eigenvalue weighted by molar-refractivity contribution is 6.20. The Labute approximate surface area is 124 Å². The zero-order valence-corrected chi connectivity index (χ0v) is 12.9. The molecule has 0 unspecified atom stereocenters. The molecule has 0 aliphatic heterocycles. The second-order valence-electron chi connectivity index (χ2n) is 5.65. The van der Waals surface area contributed by atoms with Crippen LogP contribution in [0.15, 0.2) is 18.3 Å². The molecule has 1 aromatic heterocycles. The maximum atomic E-state index is 11.6. The summed E-state index contributed by atoms with van der Waals surface area (Å²) >= 11 is 6.11. The van der Waals surface area contributed by atoms with Crippen LogP contribution in [0.2, 0.25) is 0 Å². The summed E-state index contributed by atoms with van der Waals surface area (Å²) < 4.78 is 5.14. The Bertz CT molecular complexity index is 441. The maximum absolute atomic E-state index is 11.6. The summed E-state index contributed by atoms with van der Waals surface area (Å²) in [5.41, 5.74) is 0.641. The highest BCUT2D eigenvalue weighted by atomic mass is 35.5. The van der Waals surface area contributed by atoms with Crippen LogP contribution in [0.1, 0.15) is 45.2 Å². The monoisotopic (exact) mass is 300 g/mol. The molecule has 0 bridgehead atoms. The van der Waals surface area contributed by atoms with Crippen LogP contribution in [0.4, 0.5) is 10.5 Å². The van der Waals surface area contributed by atoms with Gasteiger partial charge in [0.2, 0.25) is 0 Å². The average molecular weight is 301 g/mol. The number of carbonyl (C=O) groups excluding carboxylic acids is 1. The molecule has 1 rings (SSSR count). The second-order valence-corrected chi connectivity index (χ2v) is 6.18. The molecule has 112 valence electrons. The van der Waals surface area contributed by atoms with Crippen LogP contribution >= 0.6 is 11.6 Å². The molecule has 2 atom stereocenters. The lowest BCUT2D eigenvalue weighted by Crippen LogP contribution is -2.27. The largest absolute Gasteiger partial charge is 0.444 e. The number of aromatic nitrogens is 1. The molecule has 0 aliphatic carbocycles. The van der Waals surface area contributed by atoms with Gasteiger partial charge in [0.15, 0.2) is 0 Å². The smallest absolute Gasteiger partial charge is 0.412 e. The zero-order chi connectivity index (χ0) is 15.3. The van der Waals surface area contributed by atoms with Gasteiger partial charge in [-0.15, -0.1) is 11.6 Å². The van der Waals surface area contributed by atoms with Crippen molar-refractivity contribution >= 4 is 23.4 Å². The average Bonchev–Trinajstić information content (AvgIpc) is 2.26. The number of nitrogens with one attached hydrogen (secondary N) is 1. The van der Waals surface area contributed by atoms with Crippen molar-refractivity contribution in [2.45, 2.75) is 51.2 Å². The molecule has 0 saturated heterocycles. The number of amides is 1. The number of hydrogen-bond donors (Lipinski definition) is 2. The van der Waals surface area contributed by atoms with Crippen molar-refractivity contribution in [3.63, 3.8) is 0 Å². The summed E-state index contributed by atoms with van der Waals surface area (Å²) in [7, 11) is 0. The van der Waals surface area contributed by atoms with Crippen LogP contribution in [0.25, 0.3) is 0 Å². The van der Waals surface area contributed by atoms with E-state index in [2.05, 4.69) is 10.3 Å². The van der Waals surface area contributed by atoms with Gasteiger partial charge in [-0.3, -0.25) is 10.3 Å². The van der Waals surface area contributed by atoms with Crippen LogP contribution in [0.3, 0.4) is 0 Å². The third kappa shape index (κ3) is 6.21. The SMILES string of the molecule is C[C@@H](O)C[C@@H](Cl)c1ccc(NC(=O)OC(C)(C)C)cn1. The molecule has 0 radical (unpaired) electrons. The van der Waals surface area contributed by atoms with E-state index in [1.165, 1.54) is 6.20 Å². The van der Waals surface area contributed by atoms with Gasteiger partial charge in [-0.25, -0.2) is 4.79 Å². The van der Waals surface area contributed by atoms with Crippen LogP contribution in [0.5, 0.6) is 0 Å². The number of ether oxygens (including phenoxy) is 1. The molecule has 0 aromatic carbocycles. The van der Waals surface area contributed by atoms with E-state index in [0.717, 1.165) is 0 Å². The van der Waals surface area contributed by atoms with E-state index in [9.17, 15) is 9.90 Å². The zero-order valence-electron chi connectivity index (χ0n) is 12.2. The number of anilines is 1. The third-order valence-electron chi connectivity index (χ3n) is 2.30. The fourth-order valence-corrected chi connectivity index (χ4v) is 1.89. The predicted molar refractivity (Wildman–Crippen MR) is 79.0 cm³/mol. The highest BCUT2D eigenvalue weighted by Gasteiger charge is 2.17. The van der Waals surface area contributed by atoms with E-state index in [-0.39, 0.29) is 5.38 Å². The minimum absolute atomic E-state index is 0.356. The van der Waals surface area contributed by atoms with E-state index >= 15 is 0 Å². The van der Waals surface area contributed by atoms with Crippen LogP contribution < -0.4 is 5.32 Å². The number of pyridine rings is 1. The molecule has 5 nitrogen and oxygen atoms in total. The van der Waals surface area contributed by atoms with Crippen molar-refractivity contribution in [2.75, 3.05) is 5.32 Å². The Morgan fingerprint density at radius 2 is 2.15 bits per heavy atom. The molecule has 20 heavy (non-hydrogen) atoms. The van der Waals surface area contributed by atoms with Gasteiger partial charge < -0.3 is 9.84 Å². The number of carbonyl (C=O) groups is 1. The summed E-state index contributed by atoms with van der Waals surface area (Å²) in [5.74, 6) is 0. The molecule has 0 spiro atoms. The van der Waals surface area contributed by atoms with Gasteiger partial charge in [0, 0.05) is 0 Å². The fraction of sp³-hybridized carbons (Fsp3) is 0.571. The Morgan fingerprint density at radius 3 is 2.60 bits per heavy atom. The summed E-state index contributed by atoms with van der Waals surface area (Å²) in [6.07, 6.45) is 0.918. The van der Waals surface area contributed by atoms with Gasteiger partial charge in [0.25, 0.3) is 0 Å². The second kappa shape index (κ2) is 6.90. The summed E-state index contributed by atoms with van der Waals surface area (Å²) in [5, 5.41) is 11.5. The highest BCUT2D eigenvalue weighted by Crippen LogP contribution is 2.24. The van der Waals surface area contributed by atoms with Gasteiger partial charge >= 0.3 is 6.09 Å². The molecule has 2 N–H and O–H groups in total. The van der Waals surface area contributed by atoms with Crippen molar-refractivity contribution in [2.24, 2.45) is 0 Å². The quantitative estimate of drug-likeness (QED) is 0.835.